The van der Waals surface area contributed by atoms with E-state index in [0.717, 1.165) is 19.2 Å². The van der Waals surface area contributed by atoms with Crippen LogP contribution >= 0.6 is 0 Å². The highest BCUT2D eigenvalue weighted by Gasteiger charge is 2.47. The number of aliphatic hydroxyl groups is 1. The number of carbonyl (C=O) groups is 3. The molecule has 164 valence electrons. The molecule has 3 N–H and O–H groups in total. The number of rotatable bonds is 7. The van der Waals surface area contributed by atoms with E-state index in [1.165, 1.54) is 0 Å². The van der Waals surface area contributed by atoms with Crippen LogP contribution in [-0.2, 0) is 40.1 Å². The first kappa shape index (κ1) is 22.5. The van der Waals surface area contributed by atoms with Crippen molar-refractivity contribution in [3.63, 3.8) is 0 Å². The normalized spacial score (nSPS) is 21.5. The fourth-order valence-corrected chi connectivity index (χ4v) is 5.66. The zero-order valence-corrected chi connectivity index (χ0v) is 17.5. The van der Waals surface area contributed by atoms with Crippen LogP contribution in [0.1, 0.15) is 33.8 Å². The van der Waals surface area contributed by atoms with E-state index in [9.17, 15) is 36.3 Å². The van der Waals surface area contributed by atoms with Gasteiger partial charge in [-0.15, -0.1) is 0 Å². The van der Waals surface area contributed by atoms with Crippen LogP contribution in [0.5, 0.6) is 0 Å². The molecule has 2 amide bonds. The van der Waals surface area contributed by atoms with Crippen LogP contribution in [0.4, 0.5) is 0 Å². The van der Waals surface area contributed by atoms with Crippen LogP contribution in [0, 0.1) is 0 Å². The minimum Gasteiger partial charge on any atom is -0.380 e. The monoisotopic (exact) mass is 460 g/mol. The molecule has 0 saturated carbocycles. The van der Waals surface area contributed by atoms with Crippen LogP contribution in [-0.4, -0.2) is 75.8 Å². The minimum absolute atomic E-state index is 0.123. The standard InChI is InChI=1S/C17H20N2O9S2/c1-28-30(26,27)12-3-9-2-11(29(24,25)8-20)4-13-15(9)14(5-12)17(23)19(16(13)22)7-10(21)6-18/h2,4,12,14,20H,3,5-8,18H2,1H3. The first-order valence-electron chi connectivity index (χ1n) is 8.84. The zero-order chi connectivity index (χ0) is 22.4. The largest absolute Gasteiger partial charge is 0.380 e. The molecule has 30 heavy (non-hydrogen) atoms. The number of hydrogen-bond donors (Lipinski definition) is 2. The third-order valence-electron chi connectivity index (χ3n) is 5.31. The number of carbonyl (C=O) groups excluding carboxylic acids is 3. The van der Waals surface area contributed by atoms with E-state index in [1.54, 1.807) is 0 Å². The highest BCUT2D eigenvalue weighted by molar-refractivity contribution is 7.91. The average Bonchev–Trinajstić information content (AvgIpc) is 2.73. The van der Waals surface area contributed by atoms with E-state index in [-0.39, 0.29) is 34.4 Å². The Morgan fingerprint density at radius 1 is 1.27 bits per heavy atom. The molecule has 1 aliphatic carbocycles. The molecule has 0 radical (unpaired) electrons. The molecule has 11 nitrogen and oxygen atoms in total. The first-order chi connectivity index (χ1) is 14.0. The number of aliphatic hydroxyl groups excluding tert-OH is 1. The highest BCUT2D eigenvalue weighted by Crippen LogP contribution is 2.42. The minimum atomic E-state index is -4.17. The molecule has 1 heterocycles. The van der Waals surface area contributed by atoms with E-state index in [2.05, 4.69) is 4.18 Å². The Morgan fingerprint density at radius 2 is 1.93 bits per heavy atom. The van der Waals surface area contributed by atoms with Gasteiger partial charge >= 0.3 is 0 Å². The SMILES string of the molecule is COS(=O)(=O)C1Cc2cc(S(=O)(=O)CO)cc3c2C(C1)C(=O)N(CC(=O)CN)C3=O. The van der Waals surface area contributed by atoms with Gasteiger partial charge in [-0.2, -0.15) is 8.42 Å². The summed E-state index contributed by atoms with van der Waals surface area (Å²) in [5, 5.41) is 8.04. The van der Waals surface area contributed by atoms with Crippen LogP contribution in [0.2, 0.25) is 0 Å². The number of sulfone groups is 1. The lowest BCUT2D eigenvalue weighted by molar-refractivity contribution is -0.134. The molecular formula is C17H20N2O9S2. The molecule has 1 aromatic rings. The second kappa shape index (κ2) is 7.81. The molecule has 13 heteroatoms. The van der Waals surface area contributed by atoms with E-state index in [0.29, 0.717) is 4.90 Å². The molecule has 3 rings (SSSR count). The number of nitrogens with zero attached hydrogens (tertiary/aromatic N) is 1. The molecule has 2 atom stereocenters. The summed E-state index contributed by atoms with van der Waals surface area (Å²) in [7, 11) is -7.27. The Morgan fingerprint density at radius 3 is 2.50 bits per heavy atom. The van der Waals surface area contributed by atoms with Gasteiger partial charge in [0.15, 0.2) is 5.78 Å². The third-order valence-corrected chi connectivity index (χ3v) is 8.24. The first-order valence-corrected chi connectivity index (χ1v) is 12.0. The lowest BCUT2D eigenvalue weighted by Crippen LogP contribution is -2.50. The van der Waals surface area contributed by atoms with E-state index >= 15 is 0 Å². The van der Waals surface area contributed by atoms with Crippen molar-refractivity contribution in [2.45, 2.75) is 28.9 Å². The summed E-state index contributed by atoms with van der Waals surface area (Å²) < 4.78 is 53.6. The molecule has 2 aliphatic rings. The fourth-order valence-electron chi connectivity index (χ4n) is 3.81. The number of hydrogen-bond acceptors (Lipinski definition) is 10. The van der Waals surface area contributed by atoms with Crippen LogP contribution in [0.15, 0.2) is 17.0 Å². The second-order valence-electron chi connectivity index (χ2n) is 7.03. The van der Waals surface area contributed by atoms with Crippen molar-refractivity contribution in [1.82, 2.24) is 4.90 Å². The lowest BCUT2D eigenvalue weighted by atomic mass is 9.76. The number of benzene rings is 1. The van der Waals surface area contributed by atoms with Gasteiger partial charge in [-0.05, 0) is 36.1 Å². The van der Waals surface area contributed by atoms with Crippen LogP contribution < -0.4 is 5.73 Å². The highest BCUT2D eigenvalue weighted by atomic mass is 32.2. The topological polar surface area (TPSA) is 178 Å². The molecule has 0 saturated heterocycles. The molecular weight excluding hydrogens is 440 g/mol. The second-order valence-corrected chi connectivity index (χ2v) is 11.0. The number of nitrogens with two attached hydrogens (primary N) is 1. The van der Waals surface area contributed by atoms with E-state index in [1.807, 2.05) is 0 Å². The number of ketones is 1. The van der Waals surface area contributed by atoms with Gasteiger partial charge in [0.25, 0.3) is 16.0 Å². The fraction of sp³-hybridized carbons (Fsp3) is 0.471. The Hall–Kier alpha value is -2.19. The van der Waals surface area contributed by atoms with Crippen LogP contribution in [0.25, 0.3) is 0 Å². The quantitative estimate of drug-likeness (QED) is 0.352. The van der Waals surface area contributed by atoms with E-state index < -0.39 is 67.7 Å². The van der Waals surface area contributed by atoms with E-state index in [4.69, 9.17) is 5.73 Å². The van der Waals surface area contributed by atoms with Crippen molar-refractivity contribution in [2.75, 3.05) is 26.1 Å². The third kappa shape index (κ3) is 3.67. The van der Waals surface area contributed by atoms with Crippen molar-refractivity contribution >= 4 is 37.6 Å². The number of imide groups is 1. The van der Waals surface area contributed by atoms with Gasteiger partial charge in [-0.1, -0.05) is 0 Å². The van der Waals surface area contributed by atoms with Gasteiger partial charge in [0.05, 0.1) is 36.3 Å². The summed E-state index contributed by atoms with van der Waals surface area (Å²) in [5.74, 6) is -4.54. The molecule has 0 fully saturated rings. The van der Waals surface area contributed by atoms with Gasteiger partial charge in [-0.25, -0.2) is 8.42 Å². The molecule has 0 aromatic heterocycles. The van der Waals surface area contributed by atoms with Gasteiger partial charge in [0, 0.05) is 5.56 Å². The maximum Gasteiger partial charge on any atom is 0.270 e. The predicted molar refractivity (Wildman–Crippen MR) is 102 cm³/mol. The van der Waals surface area contributed by atoms with Gasteiger partial charge in [0.2, 0.25) is 15.7 Å². The van der Waals surface area contributed by atoms with Crippen molar-refractivity contribution in [1.29, 1.82) is 0 Å². The summed E-state index contributed by atoms with van der Waals surface area (Å²) in [5.41, 5.74) is 5.57. The Labute approximate surface area is 172 Å². The molecule has 0 bridgehead atoms. The molecule has 1 aliphatic heterocycles. The lowest BCUT2D eigenvalue weighted by Gasteiger charge is -2.38. The van der Waals surface area contributed by atoms with Crippen LogP contribution in [0.3, 0.4) is 0 Å². The van der Waals surface area contributed by atoms with Gasteiger partial charge in [0.1, 0.15) is 5.94 Å². The average molecular weight is 460 g/mol. The molecule has 0 spiro atoms. The van der Waals surface area contributed by atoms with Gasteiger partial charge < -0.3 is 10.8 Å². The summed E-state index contributed by atoms with van der Waals surface area (Å²) in [4.78, 5) is 38.0. The summed E-state index contributed by atoms with van der Waals surface area (Å²) in [6.07, 6.45) is -0.367. The number of Topliss-reactive ketones (excluding diaryl/α,β-unsaturated/α-hetero) is 1. The Kier molecular flexibility index (Phi) is 5.86. The maximum absolute atomic E-state index is 13.0. The Balaban J connectivity index is 2.24. The Bertz CT molecular complexity index is 1140. The van der Waals surface area contributed by atoms with Crippen molar-refractivity contribution in [3.05, 3.63) is 28.8 Å². The van der Waals surface area contributed by atoms with Crippen molar-refractivity contribution < 1.29 is 40.5 Å². The summed E-state index contributed by atoms with van der Waals surface area (Å²) in [6.45, 7) is -1.03. The molecule has 2 unspecified atom stereocenters. The van der Waals surface area contributed by atoms with Crippen molar-refractivity contribution in [2.24, 2.45) is 5.73 Å². The smallest absolute Gasteiger partial charge is 0.270 e. The number of amides is 2. The predicted octanol–water partition coefficient (Wildman–Crippen LogP) is -1.71. The summed E-state index contributed by atoms with van der Waals surface area (Å²) >= 11 is 0. The zero-order valence-electron chi connectivity index (χ0n) is 15.9. The van der Waals surface area contributed by atoms with Gasteiger partial charge in [-0.3, -0.25) is 23.5 Å². The van der Waals surface area contributed by atoms with Crippen molar-refractivity contribution in [3.8, 4) is 0 Å². The summed E-state index contributed by atoms with van der Waals surface area (Å²) in [6, 6.07) is 2.20. The molecule has 1 aromatic carbocycles. The maximum atomic E-state index is 13.0.